The van der Waals surface area contributed by atoms with Crippen molar-refractivity contribution >= 4 is 28.3 Å². The molecule has 0 aliphatic heterocycles. The van der Waals surface area contributed by atoms with Crippen LogP contribution in [0.15, 0.2) is 11.4 Å². The lowest BCUT2D eigenvalue weighted by Gasteiger charge is -2.21. The van der Waals surface area contributed by atoms with Crippen molar-refractivity contribution in [2.75, 3.05) is 18.5 Å². The normalized spacial score (nSPS) is 12.1. The summed E-state index contributed by atoms with van der Waals surface area (Å²) in [6.07, 6.45) is -0.357. The van der Waals surface area contributed by atoms with E-state index in [0.717, 1.165) is 10.6 Å². The fourth-order valence-electron chi connectivity index (χ4n) is 1.61. The van der Waals surface area contributed by atoms with Crippen molar-refractivity contribution in [2.45, 2.75) is 13.3 Å². The molecule has 5 nitrogen and oxygen atoms in total. The highest BCUT2D eigenvalue weighted by molar-refractivity contribution is 7.14. The molecule has 0 aliphatic carbocycles. The molecule has 0 amide bonds. The summed E-state index contributed by atoms with van der Waals surface area (Å²) in [5, 5.41) is 20.5. The van der Waals surface area contributed by atoms with E-state index in [1.165, 1.54) is 11.3 Å². The van der Waals surface area contributed by atoms with E-state index in [2.05, 4.69) is 0 Å². The number of carbonyl (C=O) groups is 2. The zero-order valence-electron chi connectivity index (χ0n) is 9.71. The van der Waals surface area contributed by atoms with E-state index in [9.17, 15) is 9.59 Å². The molecule has 1 heterocycles. The molecule has 17 heavy (non-hydrogen) atoms. The van der Waals surface area contributed by atoms with Crippen molar-refractivity contribution in [1.82, 2.24) is 0 Å². The Bertz CT molecular complexity index is 415. The van der Waals surface area contributed by atoms with Crippen LogP contribution in [0.3, 0.4) is 0 Å². The Labute approximate surface area is 103 Å². The summed E-state index contributed by atoms with van der Waals surface area (Å²) in [5.74, 6) is -3.05. The largest absolute Gasteiger partial charge is 0.481 e. The second-order valence-electron chi connectivity index (χ2n) is 3.92. The van der Waals surface area contributed by atoms with Crippen LogP contribution < -0.4 is 4.90 Å². The summed E-state index contributed by atoms with van der Waals surface area (Å²) >= 11 is 1.52. The minimum atomic E-state index is -1.09. The minimum Gasteiger partial charge on any atom is -0.481 e. The van der Waals surface area contributed by atoms with E-state index in [1.54, 1.807) is 11.9 Å². The van der Waals surface area contributed by atoms with Crippen LogP contribution in [-0.4, -0.2) is 35.7 Å². The van der Waals surface area contributed by atoms with Gasteiger partial charge >= 0.3 is 11.9 Å². The van der Waals surface area contributed by atoms with E-state index >= 15 is 0 Å². The molecule has 0 fully saturated rings. The average molecular weight is 257 g/mol. The number of hydrogen-bond donors (Lipinski definition) is 2. The lowest BCUT2D eigenvalue weighted by molar-refractivity contribution is -0.147. The Kier molecular flexibility index (Phi) is 4.51. The van der Waals surface area contributed by atoms with Gasteiger partial charge in [-0.3, -0.25) is 9.59 Å². The molecule has 2 N–H and O–H groups in total. The van der Waals surface area contributed by atoms with Crippen molar-refractivity contribution in [1.29, 1.82) is 0 Å². The first kappa shape index (κ1) is 13.5. The van der Waals surface area contributed by atoms with Crippen molar-refractivity contribution in [3.63, 3.8) is 0 Å². The number of aliphatic carboxylic acids is 2. The zero-order valence-corrected chi connectivity index (χ0v) is 10.5. The second-order valence-corrected chi connectivity index (χ2v) is 4.82. The smallest absolute Gasteiger partial charge is 0.308 e. The van der Waals surface area contributed by atoms with Crippen LogP contribution >= 0.6 is 11.3 Å². The molecule has 0 aliphatic rings. The monoisotopic (exact) mass is 257 g/mol. The molecule has 0 bridgehead atoms. The maximum absolute atomic E-state index is 10.9. The maximum atomic E-state index is 10.9. The van der Waals surface area contributed by atoms with E-state index in [-0.39, 0.29) is 13.0 Å². The molecule has 1 aromatic rings. The van der Waals surface area contributed by atoms with Crippen LogP contribution in [0.4, 0.5) is 5.00 Å². The van der Waals surface area contributed by atoms with Gasteiger partial charge in [0.2, 0.25) is 0 Å². The highest BCUT2D eigenvalue weighted by atomic mass is 32.1. The Balaban J connectivity index is 2.71. The number of hydrogen-bond acceptors (Lipinski definition) is 4. The molecular formula is C11H15NO4S. The fraction of sp³-hybridized carbons (Fsp3) is 0.455. The molecule has 0 radical (unpaired) electrons. The molecular weight excluding hydrogens is 242 g/mol. The summed E-state index contributed by atoms with van der Waals surface area (Å²) in [7, 11) is 1.77. The van der Waals surface area contributed by atoms with Crippen molar-refractivity contribution < 1.29 is 19.8 Å². The van der Waals surface area contributed by atoms with Gasteiger partial charge in [0.05, 0.1) is 17.3 Å². The second kappa shape index (κ2) is 5.67. The van der Waals surface area contributed by atoms with Crippen molar-refractivity contribution in [3.05, 3.63) is 17.0 Å². The molecule has 0 saturated carbocycles. The third-order valence-corrected chi connectivity index (χ3v) is 3.58. The van der Waals surface area contributed by atoms with Gasteiger partial charge in [-0.25, -0.2) is 0 Å². The number of carboxylic acid groups (broad SMARTS) is 2. The third kappa shape index (κ3) is 3.74. The highest BCUT2D eigenvalue weighted by Gasteiger charge is 2.23. The number of nitrogens with zero attached hydrogens (tertiary/aromatic N) is 1. The summed E-state index contributed by atoms with van der Waals surface area (Å²) in [4.78, 5) is 23.3. The first-order valence-corrected chi connectivity index (χ1v) is 5.99. The van der Waals surface area contributed by atoms with Crippen LogP contribution in [0.2, 0.25) is 0 Å². The van der Waals surface area contributed by atoms with Crippen molar-refractivity contribution in [2.24, 2.45) is 5.92 Å². The molecule has 1 rings (SSSR count). The molecule has 1 atom stereocenters. The van der Waals surface area contributed by atoms with Crippen molar-refractivity contribution in [3.8, 4) is 0 Å². The number of anilines is 1. The summed E-state index contributed by atoms with van der Waals surface area (Å²) in [5.41, 5.74) is 1.07. The first-order chi connectivity index (χ1) is 7.91. The first-order valence-electron chi connectivity index (χ1n) is 5.11. The van der Waals surface area contributed by atoms with Gasteiger partial charge < -0.3 is 15.1 Å². The zero-order chi connectivity index (χ0) is 13.0. The molecule has 1 aromatic heterocycles. The van der Waals surface area contributed by atoms with E-state index < -0.39 is 17.9 Å². The summed E-state index contributed by atoms with van der Waals surface area (Å²) in [6, 6.07) is 1.95. The van der Waals surface area contributed by atoms with Gasteiger partial charge in [-0.1, -0.05) is 0 Å². The van der Waals surface area contributed by atoms with Gasteiger partial charge in [-0.15, -0.1) is 11.3 Å². The van der Waals surface area contributed by atoms with E-state index in [0.29, 0.717) is 0 Å². The van der Waals surface area contributed by atoms with Gasteiger partial charge in [0.15, 0.2) is 0 Å². The topological polar surface area (TPSA) is 77.8 Å². The maximum Gasteiger partial charge on any atom is 0.308 e. The Morgan fingerprint density at radius 2 is 2.12 bits per heavy atom. The molecule has 0 aromatic carbocycles. The van der Waals surface area contributed by atoms with Crippen LogP contribution in [0, 0.1) is 12.8 Å². The fourth-order valence-corrected chi connectivity index (χ4v) is 2.52. The van der Waals surface area contributed by atoms with Crippen LogP contribution in [0.5, 0.6) is 0 Å². The van der Waals surface area contributed by atoms with Gasteiger partial charge in [0, 0.05) is 13.6 Å². The Hall–Kier alpha value is -1.56. The number of thiophene rings is 1. The van der Waals surface area contributed by atoms with Crippen LogP contribution in [-0.2, 0) is 9.59 Å². The van der Waals surface area contributed by atoms with E-state index in [4.69, 9.17) is 10.2 Å². The standard InChI is InChI=1S/C11H15NO4S/c1-7-3-4-17-10(7)12(2)6-8(11(15)16)5-9(13)14/h3-4,8H,5-6H2,1-2H3,(H,13,14)(H,15,16). The van der Waals surface area contributed by atoms with Crippen LogP contribution in [0.1, 0.15) is 12.0 Å². The SMILES string of the molecule is Cc1ccsc1N(C)CC(CC(=O)O)C(=O)O. The number of carboxylic acids is 2. The molecule has 6 heteroatoms. The van der Waals surface area contributed by atoms with Gasteiger partial charge in [0.25, 0.3) is 0 Å². The van der Waals surface area contributed by atoms with Gasteiger partial charge in [-0.05, 0) is 23.9 Å². The Morgan fingerprint density at radius 1 is 1.47 bits per heavy atom. The Morgan fingerprint density at radius 3 is 2.53 bits per heavy atom. The quantitative estimate of drug-likeness (QED) is 0.810. The average Bonchev–Trinajstić information content (AvgIpc) is 2.62. The summed E-state index contributed by atoms with van der Waals surface area (Å²) in [6.45, 7) is 2.14. The molecule has 0 spiro atoms. The number of rotatable bonds is 6. The lowest BCUT2D eigenvalue weighted by atomic mass is 10.1. The molecule has 0 saturated heterocycles. The predicted octanol–water partition coefficient (Wildman–Crippen LogP) is 1.67. The minimum absolute atomic E-state index is 0.197. The van der Waals surface area contributed by atoms with Crippen LogP contribution in [0.25, 0.3) is 0 Å². The summed E-state index contributed by atoms with van der Waals surface area (Å²) < 4.78 is 0. The highest BCUT2D eigenvalue weighted by Crippen LogP contribution is 2.26. The molecule has 1 unspecified atom stereocenters. The lowest BCUT2D eigenvalue weighted by Crippen LogP contribution is -2.31. The van der Waals surface area contributed by atoms with Gasteiger partial charge in [-0.2, -0.15) is 0 Å². The van der Waals surface area contributed by atoms with E-state index in [1.807, 2.05) is 18.4 Å². The molecule has 94 valence electrons. The van der Waals surface area contributed by atoms with Gasteiger partial charge in [0.1, 0.15) is 0 Å². The predicted molar refractivity (Wildman–Crippen MR) is 65.7 cm³/mol. The third-order valence-electron chi connectivity index (χ3n) is 2.45. The number of aryl methyl sites for hydroxylation is 1.